The van der Waals surface area contributed by atoms with Crippen LogP contribution in [0.2, 0.25) is 0 Å². The lowest BCUT2D eigenvalue weighted by Crippen LogP contribution is -2.38. The van der Waals surface area contributed by atoms with Crippen molar-refractivity contribution in [2.24, 2.45) is 0 Å². The van der Waals surface area contributed by atoms with E-state index in [4.69, 9.17) is 9.47 Å². The molecule has 0 saturated carbocycles. The number of ether oxygens (including phenoxy) is 2. The van der Waals surface area contributed by atoms with Gasteiger partial charge in [0.25, 0.3) is 0 Å². The van der Waals surface area contributed by atoms with E-state index in [0.717, 1.165) is 42.7 Å². The molecule has 8 nitrogen and oxygen atoms in total. The normalized spacial score (nSPS) is 15.1. The fourth-order valence-electron chi connectivity index (χ4n) is 3.33. The van der Waals surface area contributed by atoms with Crippen molar-refractivity contribution in [2.45, 2.75) is 18.0 Å². The molecule has 2 aromatic carbocycles. The number of morpholine rings is 1. The first-order valence-electron chi connectivity index (χ1n) is 10.1. The number of amides is 1. The van der Waals surface area contributed by atoms with Gasteiger partial charge in [0, 0.05) is 33.2 Å². The van der Waals surface area contributed by atoms with Crippen molar-refractivity contribution in [3.63, 3.8) is 0 Å². The van der Waals surface area contributed by atoms with Crippen LogP contribution < -0.4 is 10.1 Å². The number of likely N-dealkylation sites (N-methyl/N-ethyl adjacent to an activating group) is 1. The number of nitrogens with zero attached hydrogens (tertiary/aromatic N) is 2. The van der Waals surface area contributed by atoms with E-state index in [2.05, 4.69) is 22.3 Å². The minimum absolute atomic E-state index is 0.111. The Balaban J connectivity index is 1.52. The van der Waals surface area contributed by atoms with Crippen LogP contribution >= 0.6 is 0 Å². The zero-order chi connectivity index (χ0) is 22.3. The zero-order valence-corrected chi connectivity index (χ0v) is 18.7. The fourth-order valence-corrected chi connectivity index (χ4v) is 4.45. The summed E-state index contributed by atoms with van der Waals surface area (Å²) in [4.78, 5) is 14.8. The molecule has 0 spiro atoms. The Morgan fingerprint density at radius 2 is 1.81 bits per heavy atom. The van der Waals surface area contributed by atoms with Crippen molar-refractivity contribution in [2.75, 3.05) is 47.0 Å². The SMILES string of the molecule is COc1ccc(S(=O)(=O)N(C)CC(=O)NCc2cccc(CN3CCOCC3)c2)cc1. The lowest BCUT2D eigenvalue weighted by Gasteiger charge is -2.26. The molecule has 1 fully saturated rings. The Labute approximate surface area is 183 Å². The van der Waals surface area contributed by atoms with Gasteiger partial charge in [-0.3, -0.25) is 9.69 Å². The smallest absolute Gasteiger partial charge is 0.243 e. The molecule has 31 heavy (non-hydrogen) atoms. The number of carbonyl (C=O) groups excluding carboxylic acids is 1. The summed E-state index contributed by atoms with van der Waals surface area (Å²) in [5.41, 5.74) is 2.15. The Hall–Kier alpha value is -2.46. The Bertz CT molecular complexity index is 973. The van der Waals surface area contributed by atoms with Crippen molar-refractivity contribution in [1.82, 2.24) is 14.5 Å². The highest BCUT2D eigenvalue weighted by Crippen LogP contribution is 2.18. The number of methoxy groups -OCH3 is 1. The first kappa shape index (κ1) is 23.2. The summed E-state index contributed by atoms with van der Waals surface area (Å²) in [6.45, 7) is 4.25. The second-order valence-electron chi connectivity index (χ2n) is 7.42. The molecule has 2 aromatic rings. The number of nitrogens with one attached hydrogen (secondary N) is 1. The van der Waals surface area contributed by atoms with E-state index in [-0.39, 0.29) is 17.3 Å². The molecule has 3 rings (SSSR count). The van der Waals surface area contributed by atoms with E-state index in [9.17, 15) is 13.2 Å². The number of hydrogen-bond acceptors (Lipinski definition) is 6. The number of sulfonamides is 1. The van der Waals surface area contributed by atoms with Crippen molar-refractivity contribution in [3.05, 3.63) is 59.7 Å². The van der Waals surface area contributed by atoms with Crippen LogP contribution in [0.4, 0.5) is 0 Å². The molecule has 1 aliphatic heterocycles. The van der Waals surface area contributed by atoms with Crippen LogP contribution in [-0.4, -0.2) is 70.5 Å². The van der Waals surface area contributed by atoms with Gasteiger partial charge in [0.1, 0.15) is 5.75 Å². The summed E-state index contributed by atoms with van der Waals surface area (Å²) >= 11 is 0. The Morgan fingerprint density at radius 1 is 1.13 bits per heavy atom. The highest BCUT2D eigenvalue weighted by molar-refractivity contribution is 7.89. The predicted molar refractivity (Wildman–Crippen MR) is 117 cm³/mol. The molecular weight excluding hydrogens is 418 g/mol. The van der Waals surface area contributed by atoms with E-state index >= 15 is 0 Å². The van der Waals surface area contributed by atoms with Crippen LogP contribution in [0.25, 0.3) is 0 Å². The van der Waals surface area contributed by atoms with Gasteiger partial charge in [-0.1, -0.05) is 24.3 Å². The standard InChI is InChI=1S/C22H29N3O5S/c1-24(31(27,28)21-8-6-20(29-2)7-9-21)17-22(26)23-15-18-4-3-5-19(14-18)16-25-10-12-30-13-11-25/h3-9,14H,10-13,15-17H2,1-2H3,(H,23,26). The monoisotopic (exact) mass is 447 g/mol. The van der Waals surface area contributed by atoms with Crippen LogP contribution in [0, 0.1) is 0 Å². The largest absolute Gasteiger partial charge is 0.497 e. The molecule has 0 atom stereocenters. The highest BCUT2D eigenvalue weighted by Gasteiger charge is 2.23. The van der Waals surface area contributed by atoms with Gasteiger partial charge in [-0.15, -0.1) is 0 Å². The van der Waals surface area contributed by atoms with Gasteiger partial charge in [0.2, 0.25) is 15.9 Å². The summed E-state index contributed by atoms with van der Waals surface area (Å²) in [6, 6.07) is 14.1. The van der Waals surface area contributed by atoms with Crippen LogP contribution in [0.1, 0.15) is 11.1 Å². The summed E-state index contributed by atoms with van der Waals surface area (Å²) in [5.74, 6) is 0.202. The third kappa shape index (κ3) is 6.51. The summed E-state index contributed by atoms with van der Waals surface area (Å²) < 4.78 is 36.8. The lowest BCUT2D eigenvalue weighted by molar-refractivity contribution is -0.121. The van der Waals surface area contributed by atoms with Crippen LogP contribution in [0.5, 0.6) is 5.75 Å². The zero-order valence-electron chi connectivity index (χ0n) is 17.9. The summed E-state index contributed by atoms with van der Waals surface area (Å²) in [7, 11) is -0.861. The minimum Gasteiger partial charge on any atom is -0.497 e. The van der Waals surface area contributed by atoms with Crippen molar-refractivity contribution < 1.29 is 22.7 Å². The van der Waals surface area contributed by atoms with Gasteiger partial charge in [-0.25, -0.2) is 8.42 Å². The number of rotatable bonds is 9. The minimum atomic E-state index is -3.76. The van der Waals surface area contributed by atoms with E-state index < -0.39 is 10.0 Å². The first-order valence-corrected chi connectivity index (χ1v) is 11.6. The first-order chi connectivity index (χ1) is 14.9. The van der Waals surface area contributed by atoms with E-state index in [0.29, 0.717) is 12.3 Å². The average Bonchev–Trinajstić information content (AvgIpc) is 2.78. The van der Waals surface area contributed by atoms with Crippen molar-refractivity contribution in [1.29, 1.82) is 0 Å². The molecule has 0 aromatic heterocycles. The number of hydrogen-bond donors (Lipinski definition) is 1. The third-order valence-corrected chi connectivity index (χ3v) is 6.94. The molecule has 0 unspecified atom stereocenters. The van der Waals surface area contributed by atoms with E-state index in [1.807, 2.05) is 12.1 Å². The molecule has 0 aliphatic carbocycles. The molecule has 168 valence electrons. The Kier molecular flexibility index (Phi) is 8.03. The third-order valence-electron chi connectivity index (χ3n) is 5.12. The molecule has 0 bridgehead atoms. The quantitative estimate of drug-likeness (QED) is 0.626. The van der Waals surface area contributed by atoms with Crippen LogP contribution in [0.15, 0.2) is 53.4 Å². The molecule has 1 amide bonds. The second-order valence-corrected chi connectivity index (χ2v) is 9.47. The molecular formula is C22H29N3O5S. The van der Waals surface area contributed by atoms with Crippen LogP contribution in [-0.2, 0) is 32.6 Å². The highest BCUT2D eigenvalue weighted by atomic mass is 32.2. The lowest BCUT2D eigenvalue weighted by atomic mass is 10.1. The van der Waals surface area contributed by atoms with Gasteiger partial charge >= 0.3 is 0 Å². The molecule has 1 heterocycles. The van der Waals surface area contributed by atoms with Gasteiger partial charge in [-0.05, 0) is 35.4 Å². The Morgan fingerprint density at radius 3 is 2.48 bits per heavy atom. The van der Waals surface area contributed by atoms with Gasteiger partial charge in [0.05, 0.1) is 31.8 Å². The average molecular weight is 448 g/mol. The summed E-state index contributed by atoms with van der Waals surface area (Å²) in [5, 5.41) is 2.80. The molecule has 1 N–H and O–H groups in total. The van der Waals surface area contributed by atoms with Gasteiger partial charge in [-0.2, -0.15) is 4.31 Å². The number of carbonyl (C=O) groups is 1. The molecule has 1 saturated heterocycles. The maximum absolute atomic E-state index is 12.7. The fraction of sp³-hybridized carbons (Fsp3) is 0.409. The van der Waals surface area contributed by atoms with E-state index in [1.54, 1.807) is 12.1 Å². The summed E-state index contributed by atoms with van der Waals surface area (Å²) in [6.07, 6.45) is 0. The van der Waals surface area contributed by atoms with Crippen molar-refractivity contribution in [3.8, 4) is 5.75 Å². The van der Waals surface area contributed by atoms with Crippen LogP contribution in [0.3, 0.4) is 0 Å². The van der Waals surface area contributed by atoms with Gasteiger partial charge in [0.15, 0.2) is 0 Å². The van der Waals surface area contributed by atoms with Crippen molar-refractivity contribution >= 4 is 15.9 Å². The maximum Gasteiger partial charge on any atom is 0.243 e. The number of benzene rings is 2. The van der Waals surface area contributed by atoms with Gasteiger partial charge < -0.3 is 14.8 Å². The van der Waals surface area contributed by atoms with E-state index in [1.165, 1.54) is 31.9 Å². The molecule has 0 radical (unpaired) electrons. The molecule has 1 aliphatic rings. The topological polar surface area (TPSA) is 88.2 Å². The predicted octanol–water partition coefficient (Wildman–Crippen LogP) is 1.46. The second kappa shape index (κ2) is 10.7. The maximum atomic E-state index is 12.7. The molecule has 9 heteroatoms.